The molecule has 1 saturated heterocycles. The van der Waals surface area contributed by atoms with Gasteiger partial charge in [-0.2, -0.15) is 0 Å². The molecule has 0 aromatic rings. The third kappa shape index (κ3) is 8.00. The Morgan fingerprint density at radius 1 is 1.36 bits per heavy atom. The van der Waals surface area contributed by atoms with Crippen LogP contribution in [0.2, 0.25) is 0 Å². The average molecular weight is 466 g/mol. The van der Waals surface area contributed by atoms with Crippen molar-refractivity contribution in [3.05, 3.63) is 0 Å². The van der Waals surface area contributed by atoms with Gasteiger partial charge >= 0.3 is 6.09 Å². The molecular weight excluding hydrogens is 431 g/mol. The quantitative estimate of drug-likeness (QED) is 0.380. The number of piperidine rings is 1. The first kappa shape index (κ1) is 22.3. The Kier molecular flexibility index (Phi) is 8.77. The fraction of sp³-hybridized carbons (Fsp3) is 0.889. The first-order valence-corrected chi connectivity index (χ1v) is 9.23. The Morgan fingerprint density at radius 2 is 2.04 bits per heavy atom. The summed E-state index contributed by atoms with van der Waals surface area (Å²) in [5, 5.41) is 6.83. The molecule has 0 aromatic carbocycles. The molecule has 0 radical (unpaired) electrons. The molecule has 3 atom stereocenters. The fourth-order valence-corrected chi connectivity index (χ4v) is 3.08. The molecule has 2 aliphatic rings. The van der Waals surface area contributed by atoms with Crippen LogP contribution in [0.4, 0.5) is 4.79 Å². The van der Waals surface area contributed by atoms with Gasteiger partial charge in [-0.1, -0.05) is 6.92 Å². The summed E-state index contributed by atoms with van der Waals surface area (Å²) in [7, 11) is 1.81. The van der Waals surface area contributed by atoms with Crippen LogP contribution in [0.5, 0.6) is 0 Å². The third-order valence-corrected chi connectivity index (χ3v) is 4.67. The molecular formula is C18H35IN4O2. The van der Waals surface area contributed by atoms with Crippen LogP contribution in [0.15, 0.2) is 4.99 Å². The third-order valence-electron chi connectivity index (χ3n) is 4.67. The lowest BCUT2D eigenvalue weighted by Crippen LogP contribution is -2.44. The second kappa shape index (κ2) is 9.83. The largest absolute Gasteiger partial charge is 0.444 e. The van der Waals surface area contributed by atoms with Gasteiger partial charge in [-0.25, -0.2) is 4.79 Å². The summed E-state index contributed by atoms with van der Waals surface area (Å²) in [6.45, 7) is 10.5. The smallest absolute Gasteiger partial charge is 0.410 e. The topological polar surface area (TPSA) is 66.0 Å². The molecule has 1 amide bonds. The van der Waals surface area contributed by atoms with E-state index in [1.54, 1.807) is 0 Å². The highest BCUT2D eigenvalue weighted by atomic mass is 127. The van der Waals surface area contributed by atoms with Gasteiger partial charge in [0.15, 0.2) is 5.96 Å². The highest BCUT2D eigenvalue weighted by Gasteiger charge is 2.33. The summed E-state index contributed by atoms with van der Waals surface area (Å²) in [6.07, 6.45) is 4.32. The zero-order valence-corrected chi connectivity index (χ0v) is 18.6. The molecule has 2 rings (SSSR count). The number of carbonyl (C=O) groups is 1. The van der Waals surface area contributed by atoms with Crippen molar-refractivity contribution in [3.8, 4) is 0 Å². The maximum absolute atomic E-state index is 12.2. The van der Waals surface area contributed by atoms with Crippen LogP contribution in [-0.2, 0) is 4.74 Å². The van der Waals surface area contributed by atoms with E-state index in [1.165, 1.54) is 12.8 Å². The molecule has 146 valence electrons. The number of carbonyl (C=O) groups excluding carboxylic acids is 1. The van der Waals surface area contributed by atoms with Gasteiger partial charge in [-0.05, 0) is 58.3 Å². The maximum Gasteiger partial charge on any atom is 0.410 e. The second-order valence-corrected chi connectivity index (χ2v) is 8.19. The monoisotopic (exact) mass is 466 g/mol. The van der Waals surface area contributed by atoms with E-state index in [1.807, 2.05) is 32.7 Å². The zero-order valence-electron chi connectivity index (χ0n) is 16.3. The number of ether oxygens (including phenoxy) is 1. The molecule has 1 saturated carbocycles. The second-order valence-electron chi connectivity index (χ2n) is 8.19. The lowest BCUT2D eigenvalue weighted by Gasteiger charge is -2.34. The minimum absolute atomic E-state index is 0. The Labute approximate surface area is 169 Å². The number of guanidine groups is 1. The molecule has 1 heterocycles. The number of halogens is 1. The molecule has 7 heteroatoms. The summed E-state index contributed by atoms with van der Waals surface area (Å²) in [6, 6.07) is 0.577. The highest BCUT2D eigenvalue weighted by molar-refractivity contribution is 14.0. The molecule has 2 fully saturated rings. The van der Waals surface area contributed by atoms with Crippen molar-refractivity contribution in [1.29, 1.82) is 0 Å². The van der Waals surface area contributed by atoms with Gasteiger partial charge in [-0.3, -0.25) is 4.99 Å². The van der Waals surface area contributed by atoms with E-state index in [0.29, 0.717) is 12.0 Å². The summed E-state index contributed by atoms with van der Waals surface area (Å²) in [5.41, 5.74) is -0.427. The summed E-state index contributed by atoms with van der Waals surface area (Å²) in [5.74, 6) is 2.17. The van der Waals surface area contributed by atoms with Gasteiger partial charge in [-0.15, -0.1) is 24.0 Å². The van der Waals surface area contributed by atoms with E-state index in [0.717, 1.165) is 44.4 Å². The summed E-state index contributed by atoms with van der Waals surface area (Å²) < 4.78 is 5.49. The maximum atomic E-state index is 12.2. The van der Waals surface area contributed by atoms with E-state index < -0.39 is 5.60 Å². The van der Waals surface area contributed by atoms with Crippen molar-refractivity contribution in [2.75, 3.05) is 26.7 Å². The predicted octanol–water partition coefficient (Wildman–Crippen LogP) is 3.22. The van der Waals surface area contributed by atoms with Crippen LogP contribution in [0.3, 0.4) is 0 Å². The van der Waals surface area contributed by atoms with E-state index in [2.05, 4.69) is 22.5 Å². The molecule has 0 spiro atoms. The molecule has 6 nitrogen and oxygen atoms in total. The Morgan fingerprint density at radius 3 is 2.60 bits per heavy atom. The average Bonchev–Trinajstić information content (AvgIpc) is 3.20. The molecule has 0 bridgehead atoms. The van der Waals surface area contributed by atoms with Crippen LogP contribution in [0.1, 0.15) is 53.4 Å². The van der Waals surface area contributed by atoms with Crippen LogP contribution < -0.4 is 10.6 Å². The Bertz CT molecular complexity index is 464. The van der Waals surface area contributed by atoms with E-state index in [9.17, 15) is 4.79 Å². The lowest BCUT2D eigenvalue weighted by atomic mass is 9.95. The Hall–Kier alpha value is -0.730. The van der Waals surface area contributed by atoms with E-state index >= 15 is 0 Å². The van der Waals surface area contributed by atoms with Gasteiger partial charge in [0, 0.05) is 32.7 Å². The van der Waals surface area contributed by atoms with Crippen molar-refractivity contribution < 1.29 is 9.53 Å². The standard InChI is InChI=1S/C18H34N4O2.HI/c1-13-11-15(13)21-16(19-5)20-9-8-14-7-6-10-22(12-14)17(23)24-18(2,3)4;/h13-15H,6-12H2,1-5H3,(H2,19,20,21);1H. The van der Waals surface area contributed by atoms with E-state index in [4.69, 9.17) is 4.74 Å². The van der Waals surface area contributed by atoms with Crippen LogP contribution >= 0.6 is 24.0 Å². The molecule has 1 aliphatic carbocycles. The van der Waals surface area contributed by atoms with Crippen molar-refractivity contribution in [2.45, 2.75) is 65.0 Å². The van der Waals surface area contributed by atoms with Gasteiger partial charge < -0.3 is 20.3 Å². The number of hydrogen-bond donors (Lipinski definition) is 2. The normalized spacial score (nSPS) is 26.5. The predicted molar refractivity (Wildman–Crippen MR) is 113 cm³/mol. The number of nitrogens with zero attached hydrogens (tertiary/aromatic N) is 2. The number of likely N-dealkylation sites (tertiary alicyclic amines) is 1. The first-order valence-electron chi connectivity index (χ1n) is 9.23. The Balaban J connectivity index is 0.00000312. The van der Waals surface area contributed by atoms with Crippen LogP contribution in [0.25, 0.3) is 0 Å². The molecule has 25 heavy (non-hydrogen) atoms. The van der Waals surface area contributed by atoms with Crippen molar-refractivity contribution in [3.63, 3.8) is 0 Å². The van der Waals surface area contributed by atoms with Crippen LogP contribution in [0, 0.1) is 11.8 Å². The molecule has 0 aromatic heterocycles. The van der Waals surface area contributed by atoms with E-state index in [-0.39, 0.29) is 30.1 Å². The lowest BCUT2D eigenvalue weighted by molar-refractivity contribution is 0.0162. The number of amides is 1. The molecule has 2 N–H and O–H groups in total. The highest BCUT2D eigenvalue weighted by Crippen LogP contribution is 2.28. The number of nitrogens with one attached hydrogen (secondary N) is 2. The van der Waals surface area contributed by atoms with Gasteiger partial charge in [0.05, 0.1) is 0 Å². The number of hydrogen-bond acceptors (Lipinski definition) is 3. The van der Waals surface area contributed by atoms with Crippen molar-refractivity contribution in [1.82, 2.24) is 15.5 Å². The van der Waals surface area contributed by atoms with Crippen LogP contribution in [-0.4, -0.2) is 55.3 Å². The van der Waals surface area contributed by atoms with Crippen molar-refractivity contribution in [2.24, 2.45) is 16.8 Å². The summed E-state index contributed by atoms with van der Waals surface area (Å²) >= 11 is 0. The minimum atomic E-state index is -0.427. The number of rotatable bonds is 4. The van der Waals surface area contributed by atoms with Crippen molar-refractivity contribution >= 4 is 36.0 Å². The fourth-order valence-electron chi connectivity index (χ4n) is 3.08. The SMILES string of the molecule is CN=C(NCCC1CCCN(C(=O)OC(C)(C)C)C1)NC1CC1C.I. The molecule has 3 unspecified atom stereocenters. The number of aliphatic imine (C=N–C) groups is 1. The first-order chi connectivity index (χ1) is 11.3. The van der Waals surface area contributed by atoms with Gasteiger partial charge in [0.25, 0.3) is 0 Å². The summed E-state index contributed by atoms with van der Waals surface area (Å²) in [4.78, 5) is 18.3. The van der Waals surface area contributed by atoms with Gasteiger partial charge in [0.1, 0.15) is 5.60 Å². The molecule has 1 aliphatic heterocycles. The van der Waals surface area contributed by atoms with Gasteiger partial charge in [0.2, 0.25) is 0 Å². The zero-order chi connectivity index (χ0) is 17.7. The minimum Gasteiger partial charge on any atom is -0.444 e.